The first-order valence-corrected chi connectivity index (χ1v) is 5.69. The van der Waals surface area contributed by atoms with Crippen LogP contribution in [0.15, 0.2) is 0 Å². The number of halogens is 3. The van der Waals surface area contributed by atoms with Crippen molar-refractivity contribution in [2.45, 2.75) is 0 Å². The summed E-state index contributed by atoms with van der Waals surface area (Å²) >= 11 is 0. The zero-order valence-electron chi connectivity index (χ0n) is 6.15. The van der Waals surface area contributed by atoms with Gasteiger partial charge < -0.3 is 0 Å². The Morgan fingerprint density at radius 2 is 0.400 bits per heavy atom. The molecular formula is H3Cl3O12. The van der Waals surface area contributed by atoms with Crippen LogP contribution in [0.4, 0.5) is 0 Å². The topological polar surface area (TPSA) is 268 Å². The number of hydrogen-bond acceptors (Lipinski definition) is 12. The minimum absolute atomic E-state index is 4.69. The summed E-state index contributed by atoms with van der Waals surface area (Å²) in [5.41, 5.74) is 0. The fraction of sp³-hybridized carbons (Fsp3) is 0. The Morgan fingerprint density at radius 1 is 0.400 bits per heavy atom. The van der Waals surface area contributed by atoms with Gasteiger partial charge in [-0.2, -0.15) is 41.9 Å². The summed E-state index contributed by atoms with van der Waals surface area (Å²) in [6.45, 7) is 0. The van der Waals surface area contributed by atoms with Crippen LogP contribution in [0, 0.1) is 30.7 Å². The highest BCUT2D eigenvalue weighted by atomic mass is 35.7. The third-order valence-corrected chi connectivity index (χ3v) is 0. The SMILES string of the molecule is [O-][Cl+3]([O-])([O-])O.[O-][Cl+3]([O-])([O-])O.[O-][Cl+3]([O-])([O-])O. The third kappa shape index (κ3) is 14500. The van der Waals surface area contributed by atoms with E-state index in [1.165, 1.54) is 0 Å². The van der Waals surface area contributed by atoms with E-state index in [0.717, 1.165) is 0 Å². The summed E-state index contributed by atoms with van der Waals surface area (Å²) in [7, 11) is -14.1. The molecule has 0 aromatic carbocycles. The van der Waals surface area contributed by atoms with Crippen LogP contribution in [0.3, 0.4) is 0 Å². The van der Waals surface area contributed by atoms with E-state index in [0.29, 0.717) is 0 Å². The molecule has 0 aromatic rings. The van der Waals surface area contributed by atoms with Crippen LogP contribution in [-0.4, -0.2) is 14.0 Å². The average molecular weight is 301 g/mol. The van der Waals surface area contributed by atoms with Crippen LogP contribution < -0.4 is 41.9 Å². The smallest absolute Gasteiger partial charge is 0.0777 e. The molecule has 12 nitrogen and oxygen atoms in total. The van der Waals surface area contributed by atoms with Crippen molar-refractivity contribution >= 4 is 0 Å². The second kappa shape index (κ2) is 7.63. The molecule has 0 amide bonds. The molecule has 0 aliphatic heterocycles. The maximum Gasteiger partial charge on any atom is 0.0777 e. The van der Waals surface area contributed by atoms with Gasteiger partial charge >= 0.3 is 0 Å². The van der Waals surface area contributed by atoms with E-state index < -0.39 is 30.7 Å². The Balaban J connectivity index is -0.000000144. The van der Waals surface area contributed by atoms with E-state index in [4.69, 9.17) is 55.9 Å². The van der Waals surface area contributed by atoms with Gasteiger partial charge in [0, 0.05) is 0 Å². The molecule has 0 heterocycles. The van der Waals surface area contributed by atoms with Crippen LogP contribution in [0.1, 0.15) is 0 Å². The average Bonchev–Trinajstić information content (AvgIpc) is 1.41. The van der Waals surface area contributed by atoms with Gasteiger partial charge in [-0.05, 0) is 0 Å². The first-order valence-electron chi connectivity index (χ1n) is 1.90. The second-order valence-electron chi connectivity index (χ2n) is 1.19. The molecule has 0 rings (SSSR count). The van der Waals surface area contributed by atoms with Gasteiger partial charge in [-0.15, -0.1) is 0 Å². The summed E-state index contributed by atoms with van der Waals surface area (Å²) in [6.07, 6.45) is 0. The standard InChI is InChI=1S/3ClHO4/c3*2-1(3,4)5/h3*(H,2,3,4,5). The molecule has 0 unspecified atom stereocenters. The maximum atomic E-state index is 8.60. The van der Waals surface area contributed by atoms with Gasteiger partial charge in [-0.3, -0.25) is 0 Å². The largest absolute Gasteiger partial charge is 0.183 e. The molecule has 15 heavy (non-hydrogen) atoms. The van der Waals surface area contributed by atoms with Gasteiger partial charge in [0.05, 0.1) is 44.7 Å². The highest BCUT2D eigenvalue weighted by molar-refractivity contribution is 2.16. The molecule has 0 spiro atoms. The van der Waals surface area contributed by atoms with Gasteiger partial charge in [0.2, 0.25) is 0 Å². The normalized spacial score (nSPS) is 12.0. The van der Waals surface area contributed by atoms with Gasteiger partial charge in [0.25, 0.3) is 0 Å². The zero-order valence-corrected chi connectivity index (χ0v) is 8.42. The van der Waals surface area contributed by atoms with E-state index in [-0.39, 0.29) is 0 Å². The monoisotopic (exact) mass is 300 g/mol. The maximum absolute atomic E-state index is 8.60. The van der Waals surface area contributed by atoms with Gasteiger partial charge in [-0.1, -0.05) is 0 Å². The zero-order chi connectivity index (χ0) is 13.5. The summed E-state index contributed by atoms with van der Waals surface area (Å²) in [5.74, 6) is 0. The molecule has 0 fully saturated rings. The molecule has 0 aliphatic carbocycles. The van der Waals surface area contributed by atoms with Crippen molar-refractivity contribution in [3.63, 3.8) is 0 Å². The highest BCUT2D eigenvalue weighted by Gasteiger charge is 1.99. The van der Waals surface area contributed by atoms with Gasteiger partial charge in [0.15, 0.2) is 0 Å². The molecule has 0 aliphatic rings. The van der Waals surface area contributed by atoms with Crippen LogP contribution in [0.5, 0.6) is 0 Å². The first-order chi connectivity index (χ1) is 6.00. The lowest BCUT2D eigenvalue weighted by atomic mass is 15.8. The molecule has 0 atom stereocenters. The van der Waals surface area contributed by atoms with E-state index in [2.05, 4.69) is 0 Å². The van der Waals surface area contributed by atoms with E-state index in [9.17, 15) is 0 Å². The lowest BCUT2D eigenvalue weighted by Crippen LogP contribution is -2.58. The number of rotatable bonds is 0. The second-order valence-corrected chi connectivity index (χ2v) is 3.56. The fourth-order valence-electron chi connectivity index (χ4n) is 0. The molecular weight excluding hydrogens is 298 g/mol. The van der Waals surface area contributed by atoms with Crippen molar-refractivity contribution in [3.8, 4) is 0 Å². The summed E-state index contributed by atoms with van der Waals surface area (Å²) in [5, 5.41) is 0. The van der Waals surface area contributed by atoms with Crippen molar-refractivity contribution in [3.05, 3.63) is 0 Å². The Hall–Kier alpha value is 0.390. The highest BCUT2D eigenvalue weighted by Crippen LogP contribution is 1.61. The van der Waals surface area contributed by atoms with E-state index in [1.54, 1.807) is 0 Å². The minimum Gasteiger partial charge on any atom is -0.183 e. The molecule has 0 aromatic heterocycles. The molecule has 0 saturated heterocycles. The minimum atomic E-state index is -4.69. The van der Waals surface area contributed by atoms with Crippen LogP contribution in [0.25, 0.3) is 0 Å². The van der Waals surface area contributed by atoms with Crippen molar-refractivity contribution in [1.29, 1.82) is 0 Å². The third-order valence-electron chi connectivity index (χ3n) is 0. The van der Waals surface area contributed by atoms with Crippen molar-refractivity contribution < 1.29 is 86.6 Å². The van der Waals surface area contributed by atoms with Gasteiger partial charge in [0.1, 0.15) is 0 Å². The predicted molar refractivity (Wildman–Crippen MR) is 6.66 cm³/mol. The Kier molecular flexibility index (Phi) is 10.6. The lowest BCUT2D eigenvalue weighted by Gasteiger charge is -2.03. The molecule has 96 valence electrons. The van der Waals surface area contributed by atoms with Crippen LogP contribution >= 0.6 is 0 Å². The Bertz CT molecular complexity index is 85.9. The summed E-state index contributed by atoms with van der Waals surface area (Å²) in [6, 6.07) is 0. The van der Waals surface area contributed by atoms with Crippen LogP contribution in [-0.2, 0) is 0 Å². The quantitative estimate of drug-likeness (QED) is 0.376. The lowest BCUT2D eigenvalue weighted by molar-refractivity contribution is -1.92. The number of hydrogen-bond donors (Lipinski definition) is 3. The van der Waals surface area contributed by atoms with E-state index >= 15 is 0 Å². The molecule has 15 heteroatoms. The molecule has 0 saturated carbocycles. The Labute approximate surface area is 87.3 Å². The van der Waals surface area contributed by atoms with E-state index in [1.807, 2.05) is 0 Å². The van der Waals surface area contributed by atoms with Gasteiger partial charge in [-0.25, -0.2) is 0 Å². The predicted octanol–water partition coefficient (Wildman–Crippen LogP) is -12.4. The van der Waals surface area contributed by atoms with Crippen LogP contribution in [0.2, 0.25) is 0 Å². The molecule has 3 N–H and O–H groups in total. The first kappa shape index (κ1) is 20.8. The van der Waals surface area contributed by atoms with Crippen molar-refractivity contribution in [1.82, 2.24) is 0 Å². The molecule has 0 bridgehead atoms. The van der Waals surface area contributed by atoms with Crippen molar-refractivity contribution in [2.24, 2.45) is 0 Å². The summed E-state index contributed by atoms with van der Waals surface area (Å²) < 4.78 is 98.2. The van der Waals surface area contributed by atoms with Crippen molar-refractivity contribution in [2.75, 3.05) is 0 Å². The summed E-state index contributed by atoms with van der Waals surface area (Å²) in [4.78, 5) is 0. The fourth-order valence-corrected chi connectivity index (χ4v) is 0. The molecule has 0 radical (unpaired) electrons. The Morgan fingerprint density at radius 3 is 0.400 bits per heavy atom.